The fraction of sp³-hybridized carbons (Fsp3) is 0.522. The first-order valence-corrected chi connectivity index (χ1v) is 20.9. The number of aryl methyl sites for hydroxylation is 1. The third kappa shape index (κ3) is 9.80. The lowest BCUT2D eigenvalue weighted by atomic mass is 9.81. The molecule has 2 aliphatic heterocycles. The van der Waals surface area contributed by atoms with Gasteiger partial charge in [-0.15, -0.1) is 0 Å². The SMILES string of the molecule is CCn1c(-c2cccnc2C(C)C)c(CC(C)(C)CC)c2cc(N3CCC[C@@H](C[C@H](NC(=O)OCc4ccccc4)C(=O)N4CCC[C@@H](C(=O)OC)N4)C3)ccc21. The Hall–Kier alpha value is -4.90. The van der Waals surface area contributed by atoms with Crippen molar-refractivity contribution in [2.24, 2.45) is 11.3 Å². The van der Waals surface area contributed by atoms with Crippen LogP contribution in [-0.2, 0) is 38.6 Å². The molecule has 11 nitrogen and oxygen atoms in total. The number of carbonyl (C=O) groups is 3. The number of nitrogens with zero attached hydrogens (tertiary/aromatic N) is 4. The van der Waals surface area contributed by atoms with Crippen molar-refractivity contribution in [2.45, 2.75) is 118 Å². The van der Waals surface area contributed by atoms with Crippen LogP contribution < -0.4 is 15.6 Å². The number of pyridine rings is 1. The quantitative estimate of drug-likeness (QED) is 0.123. The molecule has 2 N–H and O–H groups in total. The predicted octanol–water partition coefficient (Wildman–Crippen LogP) is 8.40. The molecular formula is C46H62N6O5. The number of amides is 2. The minimum Gasteiger partial charge on any atom is -0.468 e. The van der Waals surface area contributed by atoms with E-state index >= 15 is 0 Å². The van der Waals surface area contributed by atoms with Gasteiger partial charge in [-0.25, -0.2) is 10.2 Å². The van der Waals surface area contributed by atoms with Gasteiger partial charge in [0.25, 0.3) is 5.91 Å². The minimum atomic E-state index is -0.844. The smallest absolute Gasteiger partial charge is 0.408 e. The predicted molar refractivity (Wildman–Crippen MR) is 226 cm³/mol. The van der Waals surface area contributed by atoms with E-state index in [0.717, 1.165) is 62.3 Å². The lowest BCUT2D eigenvalue weighted by Gasteiger charge is -2.38. The summed E-state index contributed by atoms with van der Waals surface area (Å²) in [5, 5.41) is 5.66. The molecule has 57 heavy (non-hydrogen) atoms. The summed E-state index contributed by atoms with van der Waals surface area (Å²) in [6.07, 6.45) is 6.78. The molecule has 2 saturated heterocycles. The zero-order valence-electron chi connectivity index (χ0n) is 35.0. The molecule has 306 valence electrons. The van der Waals surface area contributed by atoms with Crippen LogP contribution in [0, 0.1) is 11.3 Å². The topological polar surface area (TPSA) is 118 Å². The maximum absolute atomic E-state index is 14.2. The summed E-state index contributed by atoms with van der Waals surface area (Å²) in [7, 11) is 1.35. The van der Waals surface area contributed by atoms with Crippen molar-refractivity contribution in [1.82, 2.24) is 25.3 Å². The third-order valence-electron chi connectivity index (χ3n) is 11.9. The van der Waals surface area contributed by atoms with Crippen molar-refractivity contribution < 1.29 is 23.9 Å². The number of hydrazine groups is 1. The van der Waals surface area contributed by atoms with Gasteiger partial charge >= 0.3 is 12.1 Å². The lowest BCUT2D eigenvalue weighted by Crippen LogP contribution is -2.60. The number of methoxy groups -OCH3 is 1. The highest BCUT2D eigenvalue weighted by Crippen LogP contribution is 2.42. The molecular weight excluding hydrogens is 717 g/mol. The van der Waals surface area contributed by atoms with E-state index in [2.05, 4.69) is 92.1 Å². The van der Waals surface area contributed by atoms with Gasteiger partial charge in [-0.05, 0) is 104 Å². The maximum Gasteiger partial charge on any atom is 0.408 e. The number of alkyl carbamates (subject to hydrolysis) is 1. The summed E-state index contributed by atoms with van der Waals surface area (Å²) >= 11 is 0. The first kappa shape index (κ1) is 41.7. The molecule has 0 spiro atoms. The number of hydrogen-bond acceptors (Lipinski definition) is 8. The number of esters is 1. The Morgan fingerprint density at radius 3 is 2.49 bits per heavy atom. The summed E-state index contributed by atoms with van der Waals surface area (Å²) in [5.74, 6) is -0.292. The number of rotatable bonds is 14. The highest BCUT2D eigenvalue weighted by Gasteiger charge is 2.36. The number of anilines is 1. The molecule has 2 aromatic carbocycles. The van der Waals surface area contributed by atoms with E-state index in [1.165, 1.54) is 39.8 Å². The average Bonchev–Trinajstić information content (AvgIpc) is 3.53. The van der Waals surface area contributed by atoms with Crippen LogP contribution in [0.3, 0.4) is 0 Å². The lowest BCUT2D eigenvalue weighted by molar-refractivity contribution is -0.150. The standard InChI is InChI=1S/C46H62N6O5/c1-8-46(5,6)28-37-36-27-34(21-22-40(36)51(9-2)42(37)35-19-13-23-47-41(35)31(3)4)50-24-14-18-33(29-50)26-39(48-45(55)57-30-32-16-11-10-12-17-32)43(53)52-25-15-20-38(49-52)44(54)56-7/h10-13,16-17,19,21-23,27,31,33,38-39,49H,8-9,14-15,18,20,24-26,28-30H2,1-7H3,(H,48,55)/t33-,38-,39-/m0/s1. The Morgan fingerprint density at radius 2 is 1.77 bits per heavy atom. The van der Waals surface area contributed by atoms with E-state index in [-0.39, 0.29) is 29.8 Å². The number of ether oxygens (including phenoxy) is 2. The van der Waals surface area contributed by atoms with Crippen molar-refractivity contribution in [1.29, 1.82) is 0 Å². The molecule has 4 heterocycles. The molecule has 0 saturated carbocycles. The molecule has 2 fully saturated rings. The molecule has 2 aromatic heterocycles. The number of hydrogen-bond donors (Lipinski definition) is 2. The van der Waals surface area contributed by atoms with Gasteiger partial charge in [-0.1, -0.05) is 71.4 Å². The molecule has 11 heteroatoms. The number of benzene rings is 2. The molecule has 0 radical (unpaired) electrons. The van der Waals surface area contributed by atoms with Gasteiger partial charge in [0, 0.05) is 54.5 Å². The van der Waals surface area contributed by atoms with E-state index in [4.69, 9.17) is 14.5 Å². The minimum absolute atomic E-state index is 0.0953. The van der Waals surface area contributed by atoms with Crippen LogP contribution >= 0.6 is 0 Å². The fourth-order valence-electron chi connectivity index (χ4n) is 8.50. The Kier molecular flexibility index (Phi) is 13.6. The van der Waals surface area contributed by atoms with Crippen molar-refractivity contribution in [3.8, 4) is 11.3 Å². The highest BCUT2D eigenvalue weighted by atomic mass is 16.5. The number of nitrogens with one attached hydrogen (secondary N) is 2. The summed E-state index contributed by atoms with van der Waals surface area (Å²) in [4.78, 5) is 47.1. The van der Waals surface area contributed by atoms with Crippen LogP contribution in [0.15, 0.2) is 66.9 Å². The van der Waals surface area contributed by atoms with Crippen molar-refractivity contribution in [3.63, 3.8) is 0 Å². The second-order valence-corrected chi connectivity index (χ2v) is 16.8. The Labute approximate surface area is 338 Å². The zero-order chi connectivity index (χ0) is 40.7. The number of carbonyl (C=O) groups excluding carboxylic acids is 3. The van der Waals surface area contributed by atoms with E-state index in [0.29, 0.717) is 25.8 Å². The normalized spacial score (nSPS) is 18.1. The Morgan fingerprint density at radius 1 is 1.00 bits per heavy atom. The molecule has 4 aromatic rings. The number of fused-ring (bicyclic) bond motifs is 1. The van der Waals surface area contributed by atoms with Gasteiger partial charge < -0.3 is 24.3 Å². The average molecular weight is 779 g/mol. The van der Waals surface area contributed by atoms with Gasteiger partial charge in [0.1, 0.15) is 18.7 Å². The van der Waals surface area contributed by atoms with E-state index in [9.17, 15) is 14.4 Å². The van der Waals surface area contributed by atoms with Gasteiger partial charge in [-0.2, -0.15) is 0 Å². The van der Waals surface area contributed by atoms with Crippen LogP contribution in [-0.4, -0.2) is 71.4 Å². The van der Waals surface area contributed by atoms with E-state index < -0.39 is 24.1 Å². The van der Waals surface area contributed by atoms with Gasteiger partial charge in [0.2, 0.25) is 0 Å². The summed E-state index contributed by atoms with van der Waals surface area (Å²) < 4.78 is 13.0. The van der Waals surface area contributed by atoms with Crippen molar-refractivity contribution in [3.05, 3.63) is 83.7 Å². The largest absolute Gasteiger partial charge is 0.468 e. The van der Waals surface area contributed by atoms with Crippen LogP contribution in [0.4, 0.5) is 10.5 Å². The molecule has 2 aliphatic rings. The van der Waals surface area contributed by atoms with Crippen LogP contribution in [0.2, 0.25) is 0 Å². The van der Waals surface area contributed by atoms with Crippen LogP contribution in [0.25, 0.3) is 22.2 Å². The highest BCUT2D eigenvalue weighted by molar-refractivity contribution is 5.94. The van der Waals surface area contributed by atoms with Gasteiger partial charge in [0.15, 0.2) is 0 Å². The second-order valence-electron chi connectivity index (χ2n) is 16.8. The number of aromatic nitrogens is 2. The fourth-order valence-corrected chi connectivity index (χ4v) is 8.50. The summed E-state index contributed by atoms with van der Waals surface area (Å²) in [5.41, 5.74) is 11.4. The second kappa shape index (κ2) is 18.6. The first-order valence-electron chi connectivity index (χ1n) is 20.9. The van der Waals surface area contributed by atoms with Crippen molar-refractivity contribution >= 4 is 34.6 Å². The summed E-state index contributed by atoms with van der Waals surface area (Å²) in [6.45, 7) is 16.7. The first-order chi connectivity index (χ1) is 27.4. The monoisotopic (exact) mass is 778 g/mol. The molecule has 0 unspecified atom stereocenters. The van der Waals surface area contributed by atoms with E-state index in [1.54, 1.807) is 0 Å². The maximum atomic E-state index is 14.2. The van der Waals surface area contributed by atoms with Crippen molar-refractivity contribution in [2.75, 3.05) is 31.6 Å². The molecule has 0 aliphatic carbocycles. The van der Waals surface area contributed by atoms with Crippen LogP contribution in [0.1, 0.15) is 103 Å². The zero-order valence-corrected chi connectivity index (χ0v) is 35.0. The third-order valence-corrected chi connectivity index (χ3v) is 11.9. The molecule has 3 atom stereocenters. The molecule has 2 amide bonds. The molecule has 6 rings (SSSR count). The van der Waals surface area contributed by atoms with Gasteiger partial charge in [-0.3, -0.25) is 19.6 Å². The summed E-state index contributed by atoms with van der Waals surface area (Å²) in [6, 6.07) is 19.2. The molecule has 0 bridgehead atoms. The van der Waals surface area contributed by atoms with Gasteiger partial charge in [0.05, 0.1) is 18.5 Å². The number of piperidine rings is 1. The Balaban J connectivity index is 1.28. The van der Waals surface area contributed by atoms with E-state index in [1.807, 2.05) is 36.5 Å². The Bertz CT molecular complexity index is 2010. The van der Waals surface area contributed by atoms with Crippen LogP contribution in [0.5, 0.6) is 0 Å².